The number of rotatable bonds is 1. The standard InChI is InChI=1S/C20H34O3/c1-15(2)17-8-11-19(4,22)10-6-7-16(3)13-18(21)14-20(5,23)12-9-17/h6,9-10,12-13,15,17-18,21-23H,7-8,11,14H2,1-5H3/b10-6+,12-9+,16-13+/t17-,18+,19+,20+/m1/s1. The van der Waals surface area contributed by atoms with Crippen LogP contribution in [0.1, 0.15) is 60.3 Å². The van der Waals surface area contributed by atoms with Crippen molar-refractivity contribution < 1.29 is 15.3 Å². The molecular formula is C20H34O3. The van der Waals surface area contributed by atoms with E-state index in [4.69, 9.17) is 0 Å². The normalized spacial score (nSPS) is 42.6. The number of allylic oxidation sites excluding steroid dienone is 3. The zero-order valence-corrected chi connectivity index (χ0v) is 15.3. The number of aliphatic hydroxyl groups excluding tert-OH is 1. The highest BCUT2D eigenvalue weighted by Crippen LogP contribution is 2.27. The first-order chi connectivity index (χ1) is 10.5. The van der Waals surface area contributed by atoms with E-state index in [1.807, 2.05) is 32.1 Å². The average Bonchev–Trinajstić information content (AvgIpc) is 2.35. The van der Waals surface area contributed by atoms with Gasteiger partial charge in [0.05, 0.1) is 17.3 Å². The fraction of sp³-hybridized carbons (Fsp3) is 0.700. The maximum absolute atomic E-state index is 10.5. The van der Waals surface area contributed by atoms with E-state index in [1.54, 1.807) is 19.1 Å². The lowest BCUT2D eigenvalue weighted by atomic mass is 9.84. The quantitative estimate of drug-likeness (QED) is 0.644. The Labute approximate surface area is 141 Å². The lowest BCUT2D eigenvalue weighted by molar-refractivity contribution is 0.0563. The third-order valence-corrected chi connectivity index (χ3v) is 4.56. The molecule has 132 valence electrons. The molecule has 0 aliphatic heterocycles. The first kappa shape index (κ1) is 20.1. The molecule has 0 aromatic heterocycles. The van der Waals surface area contributed by atoms with Crippen LogP contribution in [0, 0.1) is 11.8 Å². The van der Waals surface area contributed by atoms with E-state index in [0.717, 1.165) is 12.0 Å². The van der Waals surface area contributed by atoms with Crippen LogP contribution in [-0.4, -0.2) is 32.6 Å². The molecule has 0 amide bonds. The summed E-state index contributed by atoms with van der Waals surface area (Å²) in [5.74, 6) is 0.723. The molecule has 0 radical (unpaired) electrons. The maximum Gasteiger partial charge on any atom is 0.0827 e. The summed E-state index contributed by atoms with van der Waals surface area (Å²) in [7, 11) is 0. The molecule has 3 N–H and O–H groups in total. The molecule has 4 atom stereocenters. The summed E-state index contributed by atoms with van der Waals surface area (Å²) in [5, 5.41) is 31.2. The molecule has 23 heavy (non-hydrogen) atoms. The summed E-state index contributed by atoms with van der Waals surface area (Å²) >= 11 is 0. The third-order valence-electron chi connectivity index (χ3n) is 4.56. The van der Waals surface area contributed by atoms with Gasteiger partial charge in [-0.25, -0.2) is 0 Å². The van der Waals surface area contributed by atoms with Crippen molar-refractivity contribution in [2.75, 3.05) is 0 Å². The van der Waals surface area contributed by atoms with Gasteiger partial charge < -0.3 is 15.3 Å². The molecule has 0 unspecified atom stereocenters. The SMILES string of the molecule is C/C1=C\[C@H](O)C[C@@](C)(O)/C=C/[C@H](C(C)C)CC[C@@](C)(O)/C=C/C1. The molecule has 0 bridgehead atoms. The molecule has 0 aromatic carbocycles. The summed E-state index contributed by atoms with van der Waals surface area (Å²) in [4.78, 5) is 0. The molecule has 1 aliphatic rings. The Balaban J connectivity index is 3.06. The zero-order chi connectivity index (χ0) is 17.7. The van der Waals surface area contributed by atoms with Crippen LogP contribution in [0.15, 0.2) is 36.0 Å². The Kier molecular flexibility index (Phi) is 7.25. The van der Waals surface area contributed by atoms with Crippen molar-refractivity contribution in [2.45, 2.75) is 77.6 Å². The van der Waals surface area contributed by atoms with Crippen LogP contribution in [0.5, 0.6) is 0 Å². The maximum atomic E-state index is 10.5. The minimum absolute atomic E-state index is 0.285. The van der Waals surface area contributed by atoms with Gasteiger partial charge in [-0.15, -0.1) is 0 Å². The van der Waals surface area contributed by atoms with Gasteiger partial charge in [-0.1, -0.05) is 49.8 Å². The van der Waals surface area contributed by atoms with Crippen LogP contribution in [0.4, 0.5) is 0 Å². The fourth-order valence-corrected chi connectivity index (χ4v) is 2.97. The minimum Gasteiger partial charge on any atom is -0.389 e. The zero-order valence-electron chi connectivity index (χ0n) is 15.3. The minimum atomic E-state index is -1.04. The molecule has 0 fully saturated rings. The Hall–Kier alpha value is -0.900. The molecule has 0 heterocycles. The van der Waals surface area contributed by atoms with Gasteiger partial charge >= 0.3 is 0 Å². The molecule has 3 nitrogen and oxygen atoms in total. The van der Waals surface area contributed by atoms with Crippen molar-refractivity contribution in [1.82, 2.24) is 0 Å². The predicted octanol–water partition coefficient (Wildman–Crippen LogP) is 3.75. The smallest absolute Gasteiger partial charge is 0.0827 e. The van der Waals surface area contributed by atoms with Crippen molar-refractivity contribution in [3.63, 3.8) is 0 Å². The second-order valence-corrected chi connectivity index (χ2v) is 7.91. The second kappa shape index (κ2) is 8.27. The van der Waals surface area contributed by atoms with Crippen LogP contribution < -0.4 is 0 Å². The van der Waals surface area contributed by atoms with Gasteiger partial charge in [0.15, 0.2) is 0 Å². The van der Waals surface area contributed by atoms with E-state index < -0.39 is 17.3 Å². The van der Waals surface area contributed by atoms with E-state index in [2.05, 4.69) is 13.8 Å². The molecule has 0 aromatic rings. The average molecular weight is 322 g/mol. The molecule has 0 spiro atoms. The molecule has 3 heteroatoms. The Morgan fingerprint density at radius 3 is 2.39 bits per heavy atom. The van der Waals surface area contributed by atoms with Crippen LogP contribution in [0.25, 0.3) is 0 Å². The number of aliphatic hydroxyl groups is 3. The predicted molar refractivity (Wildman–Crippen MR) is 96.1 cm³/mol. The van der Waals surface area contributed by atoms with Gasteiger partial charge in [-0.2, -0.15) is 0 Å². The van der Waals surface area contributed by atoms with Gasteiger partial charge in [-0.05, 0) is 51.9 Å². The largest absolute Gasteiger partial charge is 0.389 e. The summed E-state index contributed by atoms with van der Waals surface area (Å²) < 4.78 is 0. The topological polar surface area (TPSA) is 60.7 Å². The molecule has 0 saturated heterocycles. The van der Waals surface area contributed by atoms with Gasteiger partial charge in [0, 0.05) is 6.42 Å². The highest BCUT2D eigenvalue weighted by Gasteiger charge is 2.24. The van der Waals surface area contributed by atoms with E-state index in [1.165, 1.54) is 0 Å². The Morgan fingerprint density at radius 1 is 1.13 bits per heavy atom. The molecular weight excluding hydrogens is 288 g/mol. The van der Waals surface area contributed by atoms with Gasteiger partial charge in [0.1, 0.15) is 0 Å². The van der Waals surface area contributed by atoms with Gasteiger partial charge in [-0.3, -0.25) is 0 Å². The van der Waals surface area contributed by atoms with Crippen molar-refractivity contribution in [3.8, 4) is 0 Å². The number of hydrogen-bond donors (Lipinski definition) is 3. The molecule has 1 rings (SSSR count). The van der Waals surface area contributed by atoms with Crippen LogP contribution >= 0.6 is 0 Å². The van der Waals surface area contributed by atoms with E-state index in [0.29, 0.717) is 24.7 Å². The van der Waals surface area contributed by atoms with Crippen molar-refractivity contribution in [3.05, 3.63) is 36.0 Å². The summed E-state index contributed by atoms with van der Waals surface area (Å²) in [6.45, 7) is 9.82. The first-order valence-electron chi connectivity index (χ1n) is 8.68. The highest BCUT2D eigenvalue weighted by molar-refractivity contribution is 5.12. The summed E-state index contributed by atoms with van der Waals surface area (Å²) in [6.07, 6.45) is 11.3. The van der Waals surface area contributed by atoms with Gasteiger partial charge in [0.25, 0.3) is 0 Å². The van der Waals surface area contributed by atoms with Crippen molar-refractivity contribution >= 4 is 0 Å². The van der Waals surface area contributed by atoms with Crippen LogP contribution in [0.3, 0.4) is 0 Å². The fourth-order valence-electron chi connectivity index (χ4n) is 2.97. The Morgan fingerprint density at radius 2 is 1.78 bits per heavy atom. The highest BCUT2D eigenvalue weighted by atomic mass is 16.3. The first-order valence-corrected chi connectivity index (χ1v) is 8.68. The van der Waals surface area contributed by atoms with E-state index >= 15 is 0 Å². The van der Waals surface area contributed by atoms with Crippen LogP contribution in [-0.2, 0) is 0 Å². The van der Waals surface area contributed by atoms with Crippen molar-refractivity contribution in [2.24, 2.45) is 11.8 Å². The van der Waals surface area contributed by atoms with Gasteiger partial charge in [0.2, 0.25) is 0 Å². The summed E-state index contributed by atoms with van der Waals surface area (Å²) in [5.41, 5.74) is -0.834. The molecule has 0 saturated carbocycles. The lowest BCUT2D eigenvalue weighted by Gasteiger charge is -2.26. The van der Waals surface area contributed by atoms with E-state index in [-0.39, 0.29) is 6.42 Å². The monoisotopic (exact) mass is 322 g/mol. The lowest BCUT2D eigenvalue weighted by Crippen LogP contribution is -2.28. The molecule has 1 aliphatic carbocycles. The van der Waals surface area contributed by atoms with Crippen LogP contribution in [0.2, 0.25) is 0 Å². The van der Waals surface area contributed by atoms with E-state index in [9.17, 15) is 15.3 Å². The second-order valence-electron chi connectivity index (χ2n) is 7.91. The Bertz CT molecular complexity index is 456. The number of hydrogen-bond acceptors (Lipinski definition) is 3. The summed E-state index contributed by atoms with van der Waals surface area (Å²) in [6, 6.07) is 0. The third kappa shape index (κ3) is 7.96. The van der Waals surface area contributed by atoms with Crippen molar-refractivity contribution in [1.29, 1.82) is 0 Å².